The second kappa shape index (κ2) is 12.3. The SMILES string of the molecule is COc1ccc(CCNC(=S)NC(=O)CCCOc2ccc(C(C)(C)C)cc2)cc1OC. The number of hydrogen-bond acceptors (Lipinski definition) is 5. The lowest BCUT2D eigenvalue weighted by Gasteiger charge is -2.19. The highest BCUT2D eigenvalue weighted by Gasteiger charge is 2.13. The molecule has 2 aromatic carbocycles. The predicted octanol–water partition coefficient (Wildman–Crippen LogP) is 4.39. The van der Waals surface area contributed by atoms with Crippen LogP contribution >= 0.6 is 12.2 Å². The van der Waals surface area contributed by atoms with Gasteiger partial charge in [0.05, 0.1) is 20.8 Å². The molecule has 174 valence electrons. The smallest absolute Gasteiger partial charge is 0.226 e. The zero-order valence-electron chi connectivity index (χ0n) is 19.6. The molecular weight excluding hydrogens is 424 g/mol. The average molecular weight is 459 g/mol. The molecule has 2 N–H and O–H groups in total. The fourth-order valence-electron chi connectivity index (χ4n) is 3.06. The Labute approximate surface area is 196 Å². The highest BCUT2D eigenvalue weighted by Crippen LogP contribution is 2.27. The molecule has 0 saturated carbocycles. The number of rotatable bonds is 10. The third-order valence-corrected chi connectivity index (χ3v) is 5.18. The molecule has 0 bridgehead atoms. The van der Waals surface area contributed by atoms with Crippen molar-refractivity contribution in [2.75, 3.05) is 27.4 Å². The summed E-state index contributed by atoms with van der Waals surface area (Å²) in [6, 6.07) is 13.9. The number of benzene rings is 2. The molecule has 0 fully saturated rings. The summed E-state index contributed by atoms with van der Waals surface area (Å²) in [7, 11) is 3.22. The standard InChI is InChI=1S/C25H34N2O4S/c1-25(2,3)19-9-11-20(12-10-19)31-16-6-7-23(28)27-24(32)26-15-14-18-8-13-21(29-4)22(17-18)30-5/h8-13,17H,6-7,14-16H2,1-5H3,(H2,26,27,28,32). The maximum absolute atomic E-state index is 12.1. The van der Waals surface area contributed by atoms with Crippen LogP contribution in [0.15, 0.2) is 42.5 Å². The number of carbonyl (C=O) groups is 1. The second-order valence-electron chi connectivity index (χ2n) is 8.47. The Morgan fingerprint density at radius 3 is 2.31 bits per heavy atom. The quantitative estimate of drug-likeness (QED) is 0.406. The molecule has 2 aromatic rings. The second-order valence-corrected chi connectivity index (χ2v) is 8.88. The number of methoxy groups -OCH3 is 2. The van der Waals surface area contributed by atoms with Crippen LogP contribution in [0.5, 0.6) is 17.2 Å². The summed E-state index contributed by atoms with van der Waals surface area (Å²) in [6.45, 7) is 7.61. The fraction of sp³-hybridized carbons (Fsp3) is 0.440. The zero-order chi connectivity index (χ0) is 23.6. The molecule has 0 heterocycles. The van der Waals surface area contributed by atoms with Crippen LogP contribution in [0.25, 0.3) is 0 Å². The summed E-state index contributed by atoms with van der Waals surface area (Å²) in [5.41, 5.74) is 2.46. The van der Waals surface area contributed by atoms with Crippen molar-refractivity contribution in [2.45, 2.75) is 45.4 Å². The van der Waals surface area contributed by atoms with Crippen LogP contribution in [0.2, 0.25) is 0 Å². The van der Waals surface area contributed by atoms with E-state index in [9.17, 15) is 4.79 Å². The minimum absolute atomic E-state index is 0.116. The van der Waals surface area contributed by atoms with Gasteiger partial charge in [0.2, 0.25) is 5.91 Å². The highest BCUT2D eigenvalue weighted by atomic mass is 32.1. The minimum Gasteiger partial charge on any atom is -0.494 e. The van der Waals surface area contributed by atoms with Crippen LogP contribution in [-0.4, -0.2) is 38.4 Å². The molecule has 0 atom stereocenters. The van der Waals surface area contributed by atoms with E-state index in [1.165, 1.54) is 5.56 Å². The van der Waals surface area contributed by atoms with Gasteiger partial charge in [-0.05, 0) is 65.9 Å². The number of ether oxygens (including phenoxy) is 3. The molecule has 0 spiro atoms. The number of carbonyl (C=O) groups excluding carboxylic acids is 1. The van der Waals surface area contributed by atoms with E-state index in [0.29, 0.717) is 42.6 Å². The van der Waals surface area contributed by atoms with E-state index in [1.807, 2.05) is 30.3 Å². The van der Waals surface area contributed by atoms with E-state index in [2.05, 4.69) is 43.5 Å². The van der Waals surface area contributed by atoms with E-state index in [-0.39, 0.29) is 11.3 Å². The van der Waals surface area contributed by atoms with Gasteiger partial charge in [-0.15, -0.1) is 0 Å². The summed E-state index contributed by atoms with van der Waals surface area (Å²) in [4.78, 5) is 12.1. The molecule has 7 heteroatoms. The Morgan fingerprint density at radius 1 is 1.00 bits per heavy atom. The number of nitrogens with one attached hydrogen (secondary N) is 2. The van der Waals surface area contributed by atoms with Gasteiger partial charge in [0, 0.05) is 13.0 Å². The zero-order valence-corrected chi connectivity index (χ0v) is 20.4. The number of thiocarbonyl (C=S) groups is 1. The summed E-state index contributed by atoms with van der Waals surface area (Å²) < 4.78 is 16.3. The maximum Gasteiger partial charge on any atom is 0.226 e. The summed E-state index contributed by atoms with van der Waals surface area (Å²) >= 11 is 5.21. The van der Waals surface area contributed by atoms with Crippen molar-refractivity contribution in [3.8, 4) is 17.2 Å². The van der Waals surface area contributed by atoms with Gasteiger partial charge in [0.1, 0.15) is 5.75 Å². The third-order valence-electron chi connectivity index (χ3n) is 4.94. The fourth-order valence-corrected chi connectivity index (χ4v) is 3.28. The van der Waals surface area contributed by atoms with Crippen molar-refractivity contribution >= 4 is 23.2 Å². The third kappa shape index (κ3) is 8.38. The molecule has 0 unspecified atom stereocenters. The monoisotopic (exact) mass is 458 g/mol. The van der Waals surface area contributed by atoms with Crippen LogP contribution in [0.4, 0.5) is 0 Å². The van der Waals surface area contributed by atoms with E-state index in [0.717, 1.165) is 17.7 Å². The first-order chi connectivity index (χ1) is 15.2. The lowest BCUT2D eigenvalue weighted by atomic mass is 9.87. The highest BCUT2D eigenvalue weighted by molar-refractivity contribution is 7.80. The topological polar surface area (TPSA) is 68.8 Å². The Kier molecular flexibility index (Phi) is 9.78. The first-order valence-corrected chi connectivity index (χ1v) is 11.2. The molecule has 6 nitrogen and oxygen atoms in total. The van der Waals surface area contributed by atoms with Crippen LogP contribution in [-0.2, 0) is 16.6 Å². The number of amides is 1. The van der Waals surface area contributed by atoms with Gasteiger partial charge < -0.3 is 24.8 Å². The van der Waals surface area contributed by atoms with E-state index < -0.39 is 0 Å². The van der Waals surface area contributed by atoms with Gasteiger partial charge in [0.15, 0.2) is 16.6 Å². The van der Waals surface area contributed by atoms with Gasteiger partial charge >= 0.3 is 0 Å². The van der Waals surface area contributed by atoms with Crippen LogP contribution in [0.1, 0.15) is 44.7 Å². The number of hydrogen-bond donors (Lipinski definition) is 2. The van der Waals surface area contributed by atoms with E-state index >= 15 is 0 Å². The Bertz CT molecular complexity index is 892. The normalized spacial score (nSPS) is 10.9. The molecule has 0 aliphatic carbocycles. The summed E-state index contributed by atoms with van der Waals surface area (Å²) in [5, 5.41) is 6.10. The summed E-state index contributed by atoms with van der Waals surface area (Å²) in [5.74, 6) is 2.07. The Balaban J connectivity index is 1.63. The van der Waals surface area contributed by atoms with Gasteiger partial charge in [-0.25, -0.2) is 0 Å². The predicted molar refractivity (Wildman–Crippen MR) is 132 cm³/mol. The molecular formula is C25H34N2O4S. The van der Waals surface area contributed by atoms with E-state index in [4.69, 9.17) is 26.4 Å². The molecule has 0 aliphatic rings. The van der Waals surface area contributed by atoms with E-state index in [1.54, 1.807) is 14.2 Å². The largest absolute Gasteiger partial charge is 0.494 e. The van der Waals surface area contributed by atoms with Gasteiger partial charge in [-0.2, -0.15) is 0 Å². The Hall–Kier alpha value is -2.80. The summed E-state index contributed by atoms with van der Waals surface area (Å²) in [6.07, 6.45) is 1.69. The van der Waals surface area contributed by atoms with Gasteiger partial charge in [-0.3, -0.25) is 4.79 Å². The van der Waals surface area contributed by atoms with Crippen molar-refractivity contribution in [3.05, 3.63) is 53.6 Å². The van der Waals surface area contributed by atoms with Crippen molar-refractivity contribution in [3.63, 3.8) is 0 Å². The lowest BCUT2D eigenvalue weighted by molar-refractivity contribution is -0.119. The molecule has 0 aliphatic heterocycles. The van der Waals surface area contributed by atoms with Crippen molar-refractivity contribution in [1.29, 1.82) is 0 Å². The van der Waals surface area contributed by atoms with Crippen molar-refractivity contribution in [2.24, 2.45) is 0 Å². The lowest BCUT2D eigenvalue weighted by Crippen LogP contribution is -2.40. The van der Waals surface area contributed by atoms with Gasteiger partial charge in [0.25, 0.3) is 0 Å². The molecule has 2 rings (SSSR count). The molecule has 32 heavy (non-hydrogen) atoms. The average Bonchev–Trinajstić information content (AvgIpc) is 2.76. The molecule has 0 radical (unpaired) electrons. The Morgan fingerprint density at radius 2 is 1.69 bits per heavy atom. The van der Waals surface area contributed by atoms with Crippen LogP contribution in [0.3, 0.4) is 0 Å². The minimum atomic E-state index is -0.125. The molecule has 0 saturated heterocycles. The molecule has 1 amide bonds. The van der Waals surface area contributed by atoms with Crippen molar-refractivity contribution in [1.82, 2.24) is 10.6 Å². The van der Waals surface area contributed by atoms with Crippen LogP contribution < -0.4 is 24.8 Å². The van der Waals surface area contributed by atoms with Gasteiger partial charge in [-0.1, -0.05) is 39.0 Å². The van der Waals surface area contributed by atoms with Crippen LogP contribution in [0, 0.1) is 0 Å². The maximum atomic E-state index is 12.1. The first-order valence-electron chi connectivity index (χ1n) is 10.7. The first kappa shape index (κ1) is 25.5. The molecule has 0 aromatic heterocycles. The van der Waals surface area contributed by atoms with Crippen molar-refractivity contribution < 1.29 is 19.0 Å².